The number of alkyl halides is 2. The Morgan fingerprint density at radius 1 is 1.29 bits per heavy atom. The number of likely N-dealkylation sites (N-methyl/N-ethyl adjacent to an activating group) is 1. The second-order valence-corrected chi connectivity index (χ2v) is 9.58. The standard InChI is InChI=1S/C20H23F2N4O7P/c1-25-11-8-14(17(25)28)24-34(30,33-13-6-3-2-4-7-13)31-12-15-16(27)20(21,22)18(32-15)26-10-5-9-23-19(26)29/h2-7,9-10,14-16,18,27H,8,11-12H2,1H3,(H,24,30)/t14?,15-,16-,18-,34-/m1/s1. The number of nitrogens with one attached hydrogen (secondary N) is 1. The molecule has 11 nitrogen and oxygen atoms in total. The predicted octanol–water partition coefficient (Wildman–Crippen LogP) is 1.16. The van der Waals surface area contributed by atoms with E-state index in [9.17, 15) is 28.0 Å². The molecule has 0 bridgehead atoms. The Morgan fingerprint density at radius 2 is 2.03 bits per heavy atom. The van der Waals surface area contributed by atoms with E-state index in [1.54, 1.807) is 25.2 Å². The molecule has 2 aliphatic rings. The monoisotopic (exact) mass is 500 g/mol. The fraction of sp³-hybridized carbons (Fsp3) is 0.450. The molecule has 2 saturated heterocycles. The molecule has 0 saturated carbocycles. The van der Waals surface area contributed by atoms with Crippen molar-refractivity contribution >= 4 is 13.7 Å². The molecule has 2 aromatic rings. The molecule has 0 spiro atoms. The average molecular weight is 500 g/mol. The highest BCUT2D eigenvalue weighted by molar-refractivity contribution is 7.52. The lowest BCUT2D eigenvalue weighted by atomic mass is 10.1. The van der Waals surface area contributed by atoms with E-state index in [1.165, 1.54) is 23.1 Å². The summed E-state index contributed by atoms with van der Waals surface area (Å²) in [5.74, 6) is -4.06. The number of hydrogen-bond donors (Lipinski definition) is 2. The zero-order valence-corrected chi connectivity index (χ0v) is 18.9. The van der Waals surface area contributed by atoms with Crippen LogP contribution in [-0.4, -0.2) is 69.8 Å². The van der Waals surface area contributed by atoms with Crippen molar-refractivity contribution in [1.29, 1.82) is 0 Å². The second kappa shape index (κ2) is 9.51. The smallest absolute Gasteiger partial charge is 0.413 e. The van der Waals surface area contributed by atoms with Gasteiger partial charge in [0.05, 0.1) is 12.6 Å². The number of hydrogen-bond acceptors (Lipinski definition) is 8. The van der Waals surface area contributed by atoms with Crippen LogP contribution in [0.4, 0.5) is 8.78 Å². The third kappa shape index (κ3) is 4.89. The van der Waals surface area contributed by atoms with Gasteiger partial charge >= 0.3 is 19.4 Å². The van der Waals surface area contributed by atoms with E-state index in [2.05, 4.69) is 10.1 Å². The zero-order valence-electron chi connectivity index (χ0n) is 18.0. The van der Waals surface area contributed by atoms with E-state index in [0.29, 0.717) is 17.5 Å². The van der Waals surface area contributed by atoms with Crippen molar-refractivity contribution in [2.24, 2.45) is 0 Å². The molecule has 2 N–H and O–H groups in total. The van der Waals surface area contributed by atoms with Crippen LogP contribution in [-0.2, 0) is 18.6 Å². The van der Waals surface area contributed by atoms with Gasteiger partial charge < -0.3 is 19.3 Å². The number of nitrogens with zero attached hydrogens (tertiary/aromatic N) is 3. The van der Waals surface area contributed by atoms with Crippen LogP contribution in [0.25, 0.3) is 0 Å². The van der Waals surface area contributed by atoms with E-state index in [-0.39, 0.29) is 11.7 Å². The Kier molecular flexibility index (Phi) is 6.83. The highest BCUT2D eigenvalue weighted by Gasteiger charge is 2.60. The quantitative estimate of drug-likeness (QED) is 0.513. The Morgan fingerprint density at radius 3 is 2.68 bits per heavy atom. The first-order chi connectivity index (χ1) is 16.1. The molecule has 5 atom stereocenters. The number of halogens is 2. The summed E-state index contributed by atoms with van der Waals surface area (Å²) in [4.78, 5) is 29.0. The number of aliphatic hydroxyl groups excluding tert-OH is 1. The van der Waals surface area contributed by atoms with Gasteiger partial charge in [0.2, 0.25) is 12.1 Å². The third-order valence-corrected chi connectivity index (χ3v) is 7.06. The summed E-state index contributed by atoms with van der Waals surface area (Å²) in [5.41, 5.74) is -0.996. The van der Waals surface area contributed by atoms with E-state index < -0.39 is 50.4 Å². The number of aliphatic hydroxyl groups is 1. The van der Waals surface area contributed by atoms with Gasteiger partial charge in [-0.15, -0.1) is 0 Å². The number of para-hydroxylation sites is 1. The van der Waals surface area contributed by atoms with Crippen molar-refractivity contribution in [1.82, 2.24) is 19.5 Å². The second-order valence-electron chi connectivity index (χ2n) is 7.88. The maximum absolute atomic E-state index is 14.7. The molecule has 2 aliphatic heterocycles. The zero-order chi connectivity index (χ0) is 24.5. The molecule has 2 fully saturated rings. The lowest BCUT2D eigenvalue weighted by Gasteiger charge is -2.24. The van der Waals surface area contributed by atoms with Crippen LogP contribution in [0.5, 0.6) is 5.75 Å². The number of ether oxygens (including phenoxy) is 1. The van der Waals surface area contributed by atoms with Crippen LogP contribution in [0.1, 0.15) is 12.6 Å². The Bertz CT molecular complexity index is 1140. The SMILES string of the molecule is CN1CCC(N[P@@](=O)(OC[C@H]2O[C@@H](n3cccnc3=O)C(F)(F)[C@@H]2O)Oc2ccccc2)C1=O. The maximum atomic E-state index is 14.7. The summed E-state index contributed by atoms with van der Waals surface area (Å²) in [6.45, 7) is -0.365. The highest BCUT2D eigenvalue weighted by atomic mass is 31.2. The van der Waals surface area contributed by atoms with E-state index >= 15 is 0 Å². The molecule has 3 heterocycles. The largest absolute Gasteiger partial charge is 0.459 e. The first-order valence-electron chi connectivity index (χ1n) is 10.4. The van der Waals surface area contributed by atoms with Crippen LogP contribution in [0.2, 0.25) is 0 Å². The van der Waals surface area contributed by atoms with Crippen molar-refractivity contribution in [2.75, 3.05) is 20.2 Å². The van der Waals surface area contributed by atoms with Crippen LogP contribution in [0.15, 0.2) is 53.6 Å². The summed E-state index contributed by atoms with van der Waals surface area (Å²) < 4.78 is 59.6. The molecule has 1 amide bonds. The summed E-state index contributed by atoms with van der Waals surface area (Å²) in [5, 5.41) is 12.7. The normalized spacial score (nSPS) is 28.1. The van der Waals surface area contributed by atoms with Gasteiger partial charge in [-0.25, -0.2) is 14.3 Å². The molecule has 4 rings (SSSR count). The van der Waals surface area contributed by atoms with E-state index in [0.717, 1.165) is 12.4 Å². The number of likely N-dealkylation sites (tertiary alicyclic amines) is 1. The van der Waals surface area contributed by atoms with Gasteiger partial charge in [0.1, 0.15) is 11.9 Å². The molecule has 14 heteroatoms. The molecule has 1 aromatic carbocycles. The minimum atomic E-state index is -4.29. The van der Waals surface area contributed by atoms with Gasteiger partial charge in [-0.1, -0.05) is 18.2 Å². The van der Waals surface area contributed by atoms with Crippen LogP contribution in [0, 0.1) is 0 Å². The fourth-order valence-electron chi connectivity index (χ4n) is 3.67. The van der Waals surface area contributed by atoms with Crippen LogP contribution >= 0.6 is 7.75 Å². The number of carbonyl (C=O) groups is 1. The summed E-state index contributed by atoms with van der Waals surface area (Å²) in [6.07, 6.45) is -3.68. The minimum absolute atomic E-state index is 0.148. The molecular weight excluding hydrogens is 477 g/mol. The first kappa shape index (κ1) is 24.4. The first-order valence-corrected chi connectivity index (χ1v) is 11.9. The van der Waals surface area contributed by atoms with Crippen molar-refractivity contribution in [3.05, 3.63) is 59.3 Å². The average Bonchev–Trinajstić information content (AvgIpc) is 3.23. The molecule has 0 aliphatic carbocycles. The summed E-state index contributed by atoms with van der Waals surface area (Å²) >= 11 is 0. The van der Waals surface area contributed by atoms with Crippen LogP contribution < -0.4 is 15.3 Å². The summed E-state index contributed by atoms with van der Waals surface area (Å²) in [7, 11) is -2.71. The van der Waals surface area contributed by atoms with Crippen molar-refractivity contribution in [3.63, 3.8) is 0 Å². The summed E-state index contributed by atoms with van der Waals surface area (Å²) in [6, 6.07) is 8.33. The maximum Gasteiger partial charge on any atom is 0.459 e. The molecule has 1 unspecified atom stereocenters. The van der Waals surface area contributed by atoms with Gasteiger partial charge in [-0.2, -0.15) is 13.9 Å². The van der Waals surface area contributed by atoms with Gasteiger partial charge in [0.25, 0.3) is 0 Å². The fourth-order valence-corrected chi connectivity index (χ4v) is 5.21. The number of benzene rings is 1. The van der Waals surface area contributed by atoms with Crippen molar-refractivity contribution < 1.29 is 37.0 Å². The Hall–Kier alpha value is -2.70. The molecule has 0 radical (unpaired) electrons. The third-order valence-electron chi connectivity index (χ3n) is 5.49. The van der Waals surface area contributed by atoms with Crippen LogP contribution in [0.3, 0.4) is 0 Å². The lowest BCUT2D eigenvalue weighted by molar-refractivity contribution is -0.140. The Labute approximate surface area is 192 Å². The molecular formula is C20H23F2N4O7P. The Balaban J connectivity index is 1.52. The number of rotatable bonds is 8. The molecule has 34 heavy (non-hydrogen) atoms. The molecule has 184 valence electrons. The lowest BCUT2D eigenvalue weighted by Crippen LogP contribution is -2.42. The van der Waals surface area contributed by atoms with Crippen molar-refractivity contribution in [2.45, 2.75) is 36.8 Å². The highest BCUT2D eigenvalue weighted by Crippen LogP contribution is 2.48. The number of carbonyl (C=O) groups excluding carboxylic acids is 1. The van der Waals surface area contributed by atoms with Gasteiger partial charge in [0.15, 0.2) is 6.10 Å². The number of amides is 1. The number of aromatic nitrogens is 2. The van der Waals surface area contributed by atoms with Crippen molar-refractivity contribution in [3.8, 4) is 5.75 Å². The minimum Gasteiger partial charge on any atom is -0.413 e. The molecule has 1 aromatic heterocycles. The van der Waals surface area contributed by atoms with Gasteiger partial charge in [-0.05, 0) is 24.6 Å². The van der Waals surface area contributed by atoms with E-state index in [1.807, 2.05) is 0 Å². The predicted molar refractivity (Wildman–Crippen MR) is 113 cm³/mol. The van der Waals surface area contributed by atoms with Gasteiger partial charge in [-0.3, -0.25) is 13.9 Å². The topological polar surface area (TPSA) is 132 Å². The van der Waals surface area contributed by atoms with E-state index in [4.69, 9.17) is 13.8 Å². The van der Waals surface area contributed by atoms with Gasteiger partial charge in [0, 0.05) is 26.0 Å².